The highest BCUT2D eigenvalue weighted by Crippen LogP contribution is 2.34. The fraction of sp³-hybridized carbons (Fsp3) is 0.545. The zero-order valence-corrected chi connectivity index (χ0v) is 28.2. The van der Waals surface area contributed by atoms with Gasteiger partial charge in [-0.25, -0.2) is 19.6 Å². The van der Waals surface area contributed by atoms with Gasteiger partial charge in [0.15, 0.2) is 5.96 Å². The predicted molar refractivity (Wildman–Crippen MR) is 183 cm³/mol. The van der Waals surface area contributed by atoms with Crippen LogP contribution in [0.2, 0.25) is 0 Å². The summed E-state index contributed by atoms with van der Waals surface area (Å²) in [6.07, 6.45) is -0.789. The number of anilines is 2. The number of carboxylic acids is 1. The smallest absolute Gasteiger partial charge is 0.451 e. The first-order valence-electron chi connectivity index (χ1n) is 16.9. The number of halogens is 3. The Morgan fingerprint density at radius 3 is 2.39 bits per heavy atom. The number of carbonyl (C=O) groups is 3. The lowest BCUT2D eigenvalue weighted by molar-refractivity contribution is -0.144. The average molecular weight is 716 g/mol. The van der Waals surface area contributed by atoms with Crippen LogP contribution < -0.4 is 37.2 Å². The second kappa shape index (κ2) is 18.1. The molecule has 3 heterocycles. The Kier molecular flexibility index (Phi) is 13.6. The van der Waals surface area contributed by atoms with E-state index in [0.29, 0.717) is 83.2 Å². The third kappa shape index (κ3) is 11.6. The average Bonchev–Trinajstić information content (AvgIpc) is 3.60. The number of guanidine groups is 1. The third-order valence-electron chi connectivity index (χ3n) is 8.92. The number of benzene rings is 1. The minimum atomic E-state index is -4.79. The summed E-state index contributed by atoms with van der Waals surface area (Å²) in [4.78, 5) is 51.9. The van der Waals surface area contributed by atoms with Crippen molar-refractivity contribution in [3.05, 3.63) is 47.3 Å². The molecule has 0 unspecified atom stereocenters. The summed E-state index contributed by atoms with van der Waals surface area (Å²) in [5.41, 5.74) is 12.0. The number of hydrogen-bond donors (Lipinski definition) is 6. The maximum absolute atomic E-state index is 14.0. The molecule has 2 aromatic rings. The summed E-state index contributed by atoms with van der Waals surface area (Å²) in [5.74, 6) is -2.48. The summed E-state index contributed by atoms with van der Waals surface area (Å²) in [6, 6.07) is 8.19. The number of hydrogen-bond acceptors (Lipinski definition) is 9. The van der Waals surface area contributed by atoms with Crippen LogP contribution in [-0.4, -0.2) is 90.3 Å². The Labute approximate surface area is 293 Å². The summed E-state index contributed by atoms with van der Waals surface area (Å²) in [7, 11) is 0. The van der Waals surface area contributed by atoms with Gasteiger partial charge < -0.3 is 42.3 Å². The van der Waals surface area contributed by atoms with Crippen molar-refractivity contribution in [2.75, 3.05) is 49.1 Å². The summed E-state index contributed by atoms with van der Waals surface area (Å²) >= 11 is 0. The van der Waals surface area contributed by atoms with E-state index >= 15 is 0 Å². The van der Waals surface area contributed by atoms with Gasteiger partial charge in [-0.2, -0.15) is 18.4 Å². The number of aliphatic imine (C=N–C) groups is 1. The number of nitrogens with one attached hydrogen (secondary N) is 3. The van der Waals surface area contributed by atoms with Gasteiger partial charge >= 0.3 is 18.2 Å². The molecule has 3 amide bonds. The number of rotatable bonds is 15. The molecule has 1 aromatic carbocycles. The molecule has 51 heavy (non-hydrogen) atoms. The molecule has 8 N–H and O–H groups in total. The molecule has 2 fully saturated rings. The van der Waals surface area contributed by atoms with Gasteiger partial charge in [0, 0.05) is 45.3 Å². The molecule has 15 nitrogen and oxygen atoms in total. The molecule has 2 atom stereocenters. The molecule has 2 aliphatic rings. The van der Waals surface area contributed by atoms with E-state index in [2.05, 4.69) is 37.0 Å². The number of urea groups is 1. The normalized spacial score (nSPS) is 16.9. The van der Waals surface area contributed by atoms with E-state index in [-0.39, 0.29) is 42.4 Å². The number of aliphatic carboxylic acids is 1. The Bertz CT molecular complexity index is 1570. The van der Waals surface area contributed by atoms with Crippen molar-refractivity contribution in [3.63, 3.8) is 0 Å². The molecule has 2 aliphatic heterocycles. The van der Waals surface area contributed by atoms with E-state index < -0.39 is 36.1 Å². The Balaban J connectivity index is 1.30. The molecule has 0 aliphatic carbocycles. The van der Waals surface area contributed by atoms with Crippen LogP contribution in [0.5, 0.6) is 0 Å². The van der Waals surface area contributed by atoms with E-state index in [9.17, 15) is 32.7 Å². The van der Waals surface area contributed by atoms with E-state index in [0.717, 1.165) is 5.56 Å². The van der Waals surface area contributed by atoms with E-state index in [1.807, 2.05) is 12.1 Å². The third-order valence-corrected chi connectivity index (χ3v) is 8.92. The van der Waals surface area contributed by atoms with Gasteiger partial charge in [-0.3, -0.25) is 9.79 Å². The molecular weight excluding hydrogens is 671 g/mol. The lowest BCUT2D eigenvalue weighted by Crippen LogP contribution is -2.46. The standard InChI is InChI=1S/C33H44F3N11O4/c34-33(35,36)30-44-26(19-27(45-30)47-16-2-4-25(47)28(48)40-14-9-21-5-7-23(20-37)8-6-21)46-17-11-22(12-18-46)10-15-42-32(51)43-24(29(49)50)3-1-13-41-31(38)39/h5-8,19,22,24-25H,1-4,9-18H2,(H,40,48)(H,49,50)(H4,38,39,41)(H2,42,43,51)/t24-,25-/m0/s1. The van der Waals surface area contributed by atoms with Crippen molar-refractivity contribution >= 4 is 35.5 Å². The van der Waals surface area contributed by atoms with Crippen molar-refractivity contribution in [3.8, 4) is 6.07 Å². The van der Waals surface area contributed by atoms with E-state index in [1.54, 1.807) is 21.9 Å². The predicted octanol–water partition coefficient (Wildman–Crippen LogP) is 2.11. The van der Waals surface area contributed by atoms with Crippen molar-refractivity contribution < 1.29 is 32.7 Å². The van der Waals surface area contributed by atoms with Crippen molar-refractivity contribution in [1.29, 1.82) is 5.26 Å². The van der Waals surface area contributed by atoms with Gasteiger partial charge in [-0.05, 0) is 75.0 Å². The Morgan fingerprint density at radius 2 is 1.75 bits per heavy atom. The topological polar surface area (TPSA) is 228 Å². The number of amides is 3. The van der Waals surface area contributed by atoms with Gasteiger partial charge in [-0.15, -0.1) is 0 Å². The molecule has 1 aromatic heterocycles. The van der Waals surface area contributed by atoms with Crippen LogP contribution in [0.3, 0.4) is 0 Å². The van der Waals surface area contributed by atoms with Crippen LogP contribution in [0, 0.1) is 17.2 Å². The zero-order valence-electron chi connectivity index (χ0n) is 28.2. The molecule has 276 valence electrons. The van der Waals surface area contributed by atoms with Crippen LogP contribution in [0.25, 0.3) is 0 Å². The monoisotopic (exact) mass is 715 g/mol. The highest BCUT2D eigenvalue weighted by molar-refractivity contribution is 5.85. The number of nitrogens with two attached hydrogens (primary N) is 2. The first-order valence-corrected chi connectivity index (χ1v) is 16.9. The van der Waals surface area contributed by atoms with Gasteiger partial charge in [0.2, 0.25) is 11.7 Å². The second-order valence-corrected chi connectivity index (χ2v) is 12.6. The van der Waals surface area contributed by atoms with Crippen molar-refractivity contribution in [2.24, 2.45) is 22.4 Å². The first kappa shape index (κ1) is 38.5. The number of carbonyl (C=O) groups excluding carboxylic acids is 2. The van der Waals surface area contributed by atoms with Crippen LogP contribution in [0.1, 0.15) is 61.9 Å². The first-order chi connectivity index (χ1) is 24.3. The fourth-order valence-electron chi connectivity index (χ4n) is 6.18. The Morgan fingerprint density at radius 1 is 1.04 bits per heavy atom. The largest absolute Gasteiger partial charge is 0.480 e. The molecular formula is C33H44F3N11O4. The van der Waals surface area contributed by atoms with Crippen LogP contribution in [-0.2, 0) is 22.2 Å². The number of nitriles is 1. The van der Waals surface area contributed by atoms with E-state index in [4.69, 9.17) is 16.7 Å². The molecule has 18 heteroatoms. The van der Waals surface area contributed by atoms with E-state index in [1.165, 1.54) is 6.07 Å². The highest BCUT2D eigenvalue weighted by atomic mass is 19.4. The summed E-state index contributed by atoms with van der Waals surface area (Å²) < 4.78 is 42.0. The molecule has 0 spiro atoms. The lowest BCUT2D eigenvalue weighted by Gasteiger charge is -2.34. The van der Waals surface area contributed by atoms with Gasteiger partial charge in [0.05, 0.1) is 11.6 Å². The quantitative estimate of drug-likeness (QED) is 0.0889. The fourth-order valence-corrected chi connectivity index (χ4v) is 6.18. The molecule has 0 bridgehead atoms. The van der Waals surface area contributed by atoms with Crippen LogP contribution >= 0.6 is 0 Å². The number of alkyl halides is 3. The number of carboxylic acid groups (broad SMARTS) is 1. The minimum absolute atomic E-state index is 0.0466. The maximum Gasteiger partial charge on any atom is 0.451 e. The van der Waals surface area contributed by atoms with Crippen molar-refractivity contribution in [2.45, 2.75) is 69.6 Å². The molecule has 2 saturated heterocycles. The number of piperidine rings is 1. The summed E-state index contributed by atoms with van der Waals surface area (Å²) in [5, 5.41) is 26.4. The molecule has 0 saturated carbocycles. The lowest BCUT2D eigenvalue weighted by atomic mass is 9.93. The molecule has 0 radical (unpaired) electrons. The highest BCUT2D eigenvalue weighted by Gasteiger charge is 2.39. The Hall–Kier alpha value is -5.34. The molecule has 4 rings (SSSR count). The SMILES string of the molecule is N#Cc1ccc(CCNC(=O)[C@@H]2CCCN2c2cc(N3CCC(CCNC(=O)N[C@@H](CCCN=C(N)N)C(=O)O)CC3)nc(C(F)(F)F)n2)cc1. The van der Waals surface area contributed by atoms with Gasteiger partial charge in [0.25, 0.3) is 0 Å². The van der Waals surface area contributed by atoms with Gasteiger partial charge in [0.1, 0.15) is 23.7 Å². The minimum Gasteiger partial charge on any atom is -0.480 e. The summed E-state index contributed by atoms with van der Waals surface area (Å²) in [6.45, 7) is 2.09. The maximum atomic E-state index is 14.0. The second-order valence-electron chi connectivity index (χ2n) is 12.6. The van der Waals surface area contributed by atoms with Gasteiger partial charge in [-0.1, -0.05) is 12.1 Å². The number of nitrogens with zero attached hydrogens (tertiary/aromatic N) is 6. The van der Waals surface area contributed by atoms with Crippen molar-refractivity contribution in [1.82, 2.24) is 25.9 Å². The van der Waals surface area contributed by atoms with Crippen LogP contribution in [0.4, 0.5) is 29.6 Å². The van der Waals surface area contributed by atoms with Crippen LogP contribution in [0.15, 0.2) is 35.3 Å². The zero-order chi connectivity index (χ0) is 37.0. The number of aromatic nitrogens is 2.